The molecule has 2 saturated heterocycles. The van der Waals surface area contributed by atoms with Gasteiger partial charge >= 0.3 is 5.69 Å². The van der Waals surface area contributed by atoms with Gasteiger partial charge in [-0.25, -0.2) is 28.7 Å². The van der Waals surface area contributed by atoms with E-state index < -0.39 is 5.82 Å². The van der Waals surface area contributed by atoms with Gasteiger partial charge in [0.05, 0.1) is 17.9 Å². The van der Waals surface area contributed by atoms with Crippen LogP contribution in [0.25, 0.3) is 16.8 Å². The molecule has 2 aliphatic rings. The molecule has 216 valence electrons. The van der Waals surface area contributed by atoms with Crippen molar-refractivity contribution in [1.82, 2.24) is 34.2 Å². The maximum absolute atomic E-state index is 15.3. The molecular formula is C30H33FN10O. The van der Waals surface area contributed by atoms with E-state index in [9.17, 15) is 10.1 Å². The summed E-state index contributed by atoms with van der Waals surface area (Å²) in [6, 6.07) is 8.73. The number of aromatic nitrogens is 6. The van der Waals surface area contributed by atoms with Crippen LogP contribution in [-0.2, 0) is 13.1 Å². The SMILES string of the molecule is CCc1cnc(N2CCN(c3ncc(-c4ccc(-n5cnn(CN6CCCC6)c5=O)c(F)c4)cc3C#N)C(C)C2)nc1. The monoisotopic (exact) mass is 568 g/mol. The normalized spacial score (nSPS) is 17.5. The van der Waals surface area contributed by atoms with E-state index in [1.165, 1.54) is 21.6 Å². The topological polar surface area (TPSA) is 112 Å². The quantitative estimate of drug-likeness (QED) is 0.332. The fraction of sp³-hybridized carbons (Fsp3) is 0.400. The molecule has 5 heterocycles. The van der Waals surface area contributed by atoms with Crippen molar-refractivity contribution in [1.29, 1.82) is 5.26 Å². The first kappa shape index (κ1) is 27.5. The number of nitriles is 1. The second-order valence-corrected chi connectivity index (χ2v) is 10.9. The highest BCUT2D eigenvalue weighted by Gasteiger charge is 2.28. The molecule has 0 saturated carbocycles. The van der Waals surface area contributed by atoms with E-state index in [0.29, 0.717) is 54.8 Å². The van der Waals surface area contributed by atoms with Gasteiger partial charge in [-0.1, -0.05) is 13.0 Å². The average Bonchev–Trinajstić information content (AvgIpc) is 3.67. The van der Waals surface area contributed by atoms with E-state index in [0.717, 1.165) is 37.9 Å². The van der Waals surface area contributed by atoms with Crippen molar-refractivity contribution in [2.45, 2.75) is 45.8 Å². The molecule has 0 radical (unpaired) electrons. The molecule has 1 atom stereocenters. The molecule has 4 aromatic rings. The number of anilines is 2. The molecule has 2 aliphatic heterocycles. The van der Waals surface area contributed by atoms with E-state index >= 15 is 4.39 Å². The molecule has 0 bridgehead atoms. The van der Waals surface area contributed by atoms with Crippen molar-refractivity contribution in [3.8, 4) is 22.9 Å². The van der Waals surface area contributed by atoms with E-state index in [1.54, 1.807) is 24.4 Å². The third kappa shape index (κ3) is 5.35. The van der Waals surface area contributed by atoms with Gasteiger partial charge in [-0.05, 0) is 68.6 Å². The number of piperazine rings is 1. The fourth-order valence-corrected chi connectivity index (χ4v) is 5.67. The average molecular weight is 569 g/mol. The lowest BCUT2D eigenvalue weighted by atomic mass is 10.0. The minimum Gasteiger partial charge on any atom is -0.349 e. The molecule has 12 heteroatoms. The molecule has 6 rings (SSSR count). The van der Waals surface area contributed by atoms with E-state index in [4.69, 9.17) is 0 Å². The van der Waals surface area contributed by atoms with Crippen LogP contribution in [0.2, 0.25) is 0 Å². The summed E-state index contributed by atoms with van der Waals surface area (Å²) >= 11 is 0. The first-order valence-corrected chi connectivity index (χ1v) is 14.3. The van der Waals surface area contributed by atoms with Crippen molar-refractivity contribution in [2.24, 2.45) is 0 Å². The number of benzene rings is 1. The van der Waals surface area contributed by atoms with Crippen LogP contribution < -0.4 is 15.5 Å². The van der Waals surface area contributed by atoms with Gasteiger partial charge < -0.3 is 9.80 Å². The van der Waals surface area contributed by atoms with E-state index in [-0.39, 0.29) is 17.4 Å². The maximum Gasteiger partial charge on any atom is 0.351 e. The Kier molecular flexibility index (Phi) is 7.67. The van der Waals surface area contributed by atoms with Gasteiger partial charge in [0.25, 0.3) is 0 Å². The largest absolute Gasteiger partial charge is 0.351 e. The third-order valence-electron chi connectivity index (χ3n) is 8.08. The van der Waals surface area contributed by atoms with Crippen LogP contribution in [0.5, 0.6) is 0 Å². The molecule has 1 unspecified atom stereocenters. The Morgan fingerprint density at radius 2 is 1.81 bits per heavy atom. The summed E-state index contributed by atoms with van der Waals surface area (Å²) in [7, 11) is 0. The van der Waals surface area contributed by atoms with Crippen LogP contribution in [0, 0.1) is 17.1 Å². The fourth-order valence-electron chi connectivity index (χ4n) is 5.67. The van der Waals surface area contributed by atoms with Gasteiger partial charge in [-0.3, -0.25) is 4.90 Å². The Balaban J connectivity index is 1.19. The standard InChI is InChI=1S/C30H33FN10O/c1-3-22-15-34-29(35-16-22)38-10-11-39(21(2)18-38)28-24(14-32)12-25(17-33-28)23-6-7-27(26(31)13-23)40-19-36-41(30(40)42)20-37-8-4-5-9-37/h6-7,12-13,15-17,19,21H,3-5,8-11,18,20H2,1-2H3. The number of likely N-dealkylation sites (tertiary alicyclic amines) is 1. The Labute approximate surface area is 243 Å². The van der Waals surface area contributed by atoms with Crippen molar-refractivity contribution in [3.05, 3.63) is 76.6 Å². The lowest BCUT2D eigenvalue weighted by Crippen LogP contribution is -2.53. The Hall–Kier alpha value is -4.63. The molecular weight excluding hydrogens is 535 g/mol. The predicted octanol–water partition coefficient (Wildman–Crippen LogP) is 3.23. The van der Waals surface area contributed by atoms with Crippen LogP contribution in [0.1, 0.15) is 37.8 Å². The van der Waals surface area contributed by atoms with Gasteiger partial charge in [-0.15, -0.1) is 0 Å². The summed E-state index contributed by atoms with van der Waals surface area (Å²) in [5.41, 5.74) is 2.44. The summed E-state index contributed by atoms with van der Waals surface area (Å²) in [6.07, 6.45) is 9.85. The molecule has 0 N–H and O–H groups in total. The van der Waals surface area contributed by atoms with Crippen LogP contribution in [0.15, 0.2) is 54.0 Å². The molecule has 11 nitrogen and oxygen atoms in total. The maximum atomic E-state index is 15.3. The lowest BCUT2D eigenvalue weighted by Gasteiger charge is -2.40. The van der Waals surface area contributed by atoms with Gasteiger partial charge in [0.1, 0.15) is 24.0 Å². The zero-order valence-electron chi connectivity index (χ0n) is 23.8. The van der Waals surface area contributed by atoms with Crippen LogP contribution >= 0.6 is 0 Å². The summed E-state index contributed by atoms with van der Waals surface area (Å²) in [5.74, 6) is 0.746. The first-order valence-electron chi connectivity index (χ1n) is 14.3. The smallest absolute Gasteiger partial charge is 0.349 e. The number of hydrogen-bond donors (Lipinski definition) is 0. The molecule has 0 aliphatic carbocycles. The highest BCUT2D eigenvalue weighted by molar-refractivity contribution is 5.69. The van der Waals surface area contributed by atoms with Crippen molar-refractivity contribution < 1.29 is 4.39 Å². The highest BCUT2D eigenvalue weighted by Crippen LogP contribution is 2.29. The molecule has 1 aromatic carbocycles. The zero-order valence-corrected chi connectivity index (χ0v) is 23.8. The third-order valence-corrected chi connectivity index (χ3v) is 8.08. The van der Waals surface area contributed by atoms with Crippen LogP contribution in [-0.4, -0.2) is 73.0 Å². The minimum atomic E-state index is -0.558. The van der Waals surface area contributed by atoms with Crippen LogP contribution in [0.3, 0.4) is 0 Å². The minimum absolute atomic E-state index is 0.0695. The Bertz CT molecular complexity index is 1670. The van der Waals surface area contributed by atoms with Gasteiger partial charge in [0, 0.05) is 49.8 Å². The zero-order chi connectivity index (χ0) is 29.2. The summed E-state index contributed by atoms with van der Waals surface area (Å²) in [4.78, 5) is 33.0. The van der Waals surface area contributed by atoms with Crippen molar-refractivity contribution >= 4 is 11.8 Å². The number of pyridine rings is 1. The molecule has 0 amide bonds. The van der Waals surface area contributed by atoms with Gasteiger partial charge in [0.15, 0.2) is 0 Å². The van der Waals surface area contributed by atoms with E-state index in [1.807, 2.05) is 12.4 Å². The van der Waals surface area contributed by atoms with E-state index in [2.05, 4.69) is 54.7 Å². The Morgan fingerprint density at radius 1 is 1.02 bits per heavy atom. The van der Waals surface area contributed by atoms with Gasteiger partial charge in [-0.2, -0.15) is 15.0 Å². The molecule has 3 aromatic heterocycles. The van der Waals surface area contributed by atoms with Crippen LogP contribution in [0.4, 0.5) is 16.2 Å². The number of nitrogens with zero attached hydrogens (tertiary/aromatic N) is 10. The second-order valence-electron chi connectivity index (χ2n) is 10.9. The van der Waals surface area contributed by atoms with Crippen molar-refractivity contribution in [2.75, 3.05) is 42.5 Å². The summed E-state index contributed by atoms with van der Waals surface area (Å²) in [5, 5.41) is 14.2. The van der Waals surface area contributed by atoms with Crippen molar-refractivity contribution in [3.63, 3.8) is 0 Å². The number of aryl methyl sites for hydroxylation is 1. The summed E-state index contributed by atoms with van der Waals surface area (Å²) < 4.78 is 17.9. The molecule has 42 heavy (non-hydrogen) atoms. The first-order chi connectivity index (χ1) is 20.4. The number of rotatable bonds is 7. The second kappa shape index (κ2) is 11.7. The number of hydrogen-bond acceptors (Lipinski definition) is 9. The van der Waals surface area contributed by atoms with Gasteiger partial charge in [0.2, 0.25) is 5.95 Å². The summed E-state index contributed by atoms with van der Waals surface area (Å²) in [6.45, 7) is 8.47. The Morgan fingerprint density at radius 3 is 2.50 bits per heavy atom. The molecule has 2 fully saturated rings. The lowest BCUT2D eigenvalue weighted by molar-refractivity contribution is 0.250. The molecule has 0 spiro atoms. The predicted molar refractivity (Wildman–Crippen MR) is 157 cm³/mol. The highest BCUT2D eigenvalue weighted by atomic mass is 19.1. The number of halogens is 1.